The van der Waals surface area contributed by atoms with Gasteiger partial charge in [0.1, 0.15) is 0 Å². The van der Waals surface area contributed by atoms with Gasteiger partial charge in [-0.15, -0.1) is 0 Å². The third-order valence-electron chi connectivity index (χ3n) is 3.35. The summed E-state index contributed by atoms with van der Waals surface area (Å²) in [5.41, 5.74) is 3.81. The molecule has 0 aliphatic heterocycles. The van der Waals surface area contributed by atoms with Crippen LogP contribution in [0.15, 0.2) is 29.8 Å². The fourth-order valence-electron chi connectivity index (χ4n) is 2.07. The lowest BCUT2D eigenvalue weighted by molar-refractivity contribution is 0.291. The van der Waals surface area contributed by atoms with Crippen molar-refractivity contribution in [1.29, 1.82) is 0 Å². The van der Waals surface area contributed by atoms with Crippen LogP contribution in [-0.2, 0) is 6.42 Å². The number of aryl methyl sites for hydroxylation is 1. The molecule has 1 heteroatoms. The summed E-state index contributed by atoms with van der Waals surface area (Å²) >= 11 is 0. The van der Waals surface area contributed by atoms with Gasteiger partial charge in [0.25, 0.3) is 0 Å². The lowest BCUT2D eigenvalue weighted by Gasteiger charge is -2.01. The predicted molar refractivity (Wildman–Crippen MR) is 72.9 cm³/mol. The highest BCUT2D eigenvalue weighted by atomic mass is 16.3. The number of hydrogen-bond donors (Lipinski definition) is 1. The maximum atomic E-state index is 9.24. The Morgan fingerprint density at radius 3 is 2.47 bits per heavy atom. The van der Waals surface area contributed by atoms with Gasteiger partial charge in [-0.05, 0) is 29.5 Å². The van der Waals surface area contributed by atoms with Crippen LogP contribution in [0.4, 0.5) is 0 Å². The summed E-state index contributed by atoms with van der Waals surface area (Å²) in [6.45, 7) is 2.24. The lowest BCUT2D eigenvalue weighted by atomic mass is 10.0. The smallest absolute Gasteiger partial charge is 0.0792 e. The largest absolute Gasteiger partial charge is 0.388 e. The fraction of sp³-hybridized carbons (Fsp3) is 0.500. The molecule has 0 amide bonds. The van der Waals surface area contributed by atoms with E-state index in [4.69, 9.17) is 0 Å². The maximum absolute atomic E-state index is 9.24. The Hall–Kier alpha value is -1.08. The highest BCUT2D eigenvalue weighted by Crippen LogP contribution is 2.30. The molecule has 1 aromatic rings. The van der Waals surface area contributed by atoms with E-state index < -0.39 is 0 Å². The number of hydrogen-bond acceptors (Lipinski definition) is 1. The number of aliphatic hydroxyl groups excluding tert-OH is 1. The van der Waals surface area contributed by atoms with E-state index in [9.17, 15) is 5.11 Å². The van der Waals surface area contributed by atoms with Gasteiger partial charge in [0.2, 0.25) is 0 Å². The number of benzene rings is 1. The highest BCUT2D eigenvalue weighted by molar-refractivity contribution is 5.58. The van der Waals surface area contributed by atoms with Gasteiger partial charge in [0, 0.05) is 6.42 Å². The van der Waals surface area contributed by atoms with Crippen LogP contribution in [-0.4, -0.2) is 11.2 Å². The summed E-state index contributed by atoms with van der Waals surface area (Å²) in [6.07, 6.45) is 9.28. The summed E-state index contributed by atoms with van der Waals surface area (Å²) in [5.74, 6) is 0. The van der Waals surface area contributed by atoms with Crippen molar-refractivity contribution in [2.75, 3.05) is 0 Å². The second kappa shape index (κ2) is 6.02. The van der Waals surface area contributed by atoms with E-state index in [1.54, 1.807) is 0 Å². The SMILES string of the molecule is CCCCCCc1ccc(C=C2CC2O)cc1. The minimum atomic E-state index is -0.163. The van der Waals surface area contributed by atoms with Crippen molar-refractivity contribution in [3.63, 3.8) is 0 Å². The molecule has 1 atom stereocenters. The van der Waals surface area contributed by atoms with Gasteiger partial charge in [-0.2, -0.15) is 0 Å². The van der Waals surface area contributed by atoms with Crippen LogP contribution in [0.2, 0.25) is 0 Å². The van der Waals surface area contributed by atoms with Crippen molar-refractivity contribution >= 4 is 6.08 Å². The van der Waals surface area contributed by atoms with Crippen molar-refractivity contribution in [2.24, 2.45) is 0 Å². The molecule has 92 valence electrons. The van der Waals surface area contributed by atoms with Gasteiger partial charge in [-0.3, -0.25) is 0 Å². The Morgan fingerprint density at radius 2 is 1.88 bits per heavy atom. The van der Waals surface area contributed by atoms with E-state index in [1.165, 1.54) is 48.8 Å². The quantitative estimate of drug-likeness (QED) is 0.733. The Kier molecular flexibility index (Phi) is 4.38. The molecule has 0 radical (unpaired) electrons. The third-order valence-corrected chi connectivity index (χ3v) is 3.35. The van der Waals surface area contributed by atoms with Crippen molar-refractivity contribution in [3.05, 3.63) is 41.0 Å². The minimum absolute atomic E-state index is 0.163. The molecule has 1 aliphatic rings. The zero-order chi connectivity index (χ0) is 12.1. The molecule has 0 saturated heterocycles. The Bertz CT molecular complexity index is 375. The molecule has 1 unspecified atom stereocenters. The lowest BCUT2D eigenvalue weighted by Crippen LogP contribution is -1.86. The molecular weight excluding hydrogens is 208 g/mol. The van der Waals surface area contributed by atoms with Gasteiger partial charge in [0.15, 0.2) is 0 Å². The topological polar surface area (TPSA) is 20.2 Å². The summed E-state index contributed by atoms with van der Waals surface area (Å²) in [4.78, 5) is 0. The zero-order valence-electron chi connectivity index (χ0n) is 10.7. The average Bonchev–Trinajstić information content (AvgIpc) is 3.03. The molecule has 0 bridgehead atoms. The minimum Gasteiger partial charge on any atom is -0.388 e. The van der Waals surface area contributed by atoms with Crippen molar-refractivity contribution < 1.29 is 5.11 Å². The monoisotopic (exact) mass is 230 g/mol. The van der Waals surface area contributed by atoms with Crippen LogP contribution in [0.3, 0.4) is 0 Å². The van der Waals surface area contributed by atoms with Gasteiger partial charge in [0.05, 0.1) is 6.10 Å². The molecule has 1 saturated carbocycles. The van der Waals surface area contributed by atoms with Gasteiger partial charge >= 0.3 is 0 Å². The molecule has 1 aromatic carbocycles. The number of aliphatic hydroxyl groups is 1. The second-order valence-corrected chi connectivity index (χ2v) is 4.99. The molecule has 1 nitrogen and oxygen atoms in total. The van der Waals surface area contributed by atoms with Gasteiger partial charge in [-0.25, -0.2) is 0 Å². The maximum Gasteiger partial charge on any atom is 0.0792 e. The first-order chi connectivity index (χ1) is 8.29. The number of unbranched alkanes of at least 4 members (excludes halogenated alkanes) is 3. The van der Waals surface area contributed by atoms with Crippen LogP contribution < -0.4 is 0 Å². The van der Waals surface area contributed by atoms with Crippen LogP contribution >= 0.6 is 0 Å². The van der Waals surface area contributed by atoms with Crippen molar-refractivity contribution in [1.82, 2.24) is 0 Å². The first-order valence-corrected chi connectivity index (χ1v) is 6.77. The molecule has 0 aromatic heterocycles. The molecule has 0 spiro atoms. The van der Waals surface area contributed by atoms with Crippen LogP contribution in [0, 0.1) is 0 Å². The highest BCUT2D eigenvalue weighted by Gasteiger charge is 2.25. The first-order valence-electron chi connectivity index (χ1n) is 6.77. The average molecular weight is 230 g/mol. The summed E-state index contributed by atoms with van der Waals surface area (Å²) in [7, 11) is 0. The third kappa shape index (κ3) is 4.01. The van der Waals surface area contributed by atoms with Crippen LogP contribution in [0.5, 0.6) is 0 Å². The molecule has 2 rings (SSSR count). The van der Waals surface area contributed by atoms with Gasteiger partial charge in [-0.1, -0.05) is 56.5 Å². The predicted octanol–water partition coefficient (Wildman–Crippen LogP) is 3.96. The van der Waals surface area contributed by atoms with Crippen LogP contribution in [0.25, 0.3) is 6.08 Å². The molecular formula is C16H22O. The van der Waals surface area contributed by atoms with Crippen molar-refractivity contribution in [2.45, 2.75) is 51.6 Å². The van der Waals surface area contributed by atoms with Crippen molar-refractivity contribution in [3.8, 4) is 0 Å². The summed E-state index contributed by atoms with van der Waals surface area (Å²) in [6, 6.07) is 8.75. The summed E-state index contributed by atoms with van der Waals surface area (Å²) in [5, 5.41) is 9.24. The molecule has 1 N–H and O–H groups in total. The Balaban J connectivity index is 1.81. The fourth-order valence-corrected chi connectivity index (χ4v) is 2.07. The first kappa shape index (κ1) is 12.4. The van der Waals surface area contributed by atoms with Crippen LogP contribution in [0.1, 0.15) is 50.2 Å². The van der Waals surface area contributed by atoms with E-state index in [1.807, 2.05) is 0 Å². The zero-order valence-corrected chi connectivity index (χ0v) is 10.7. The van der Waals surface area contributed by atoms with E-state index in [0.717, 1.165) is 6.42 Å². The number of rotatable bonds is 6. The molecule has 17 heavy (non-hydrogen) atoms. The van der Waals surface area contributed by atoms with E-state index in [-0.39, 0.29) is 6.10 Å². The second-order valence-electron chi connectivity index (χ2n) is 4.99. The Labute approximate surface area is 104 Å². The Morgan fingerprint density at radius 1 is 1.18 bits per heavy atom. The molecule has 1 fully saturated rings. The van der Waals surface area contributed by atoms with E-state index >= 15 is 0 Å². The van der Waals surface area contributed by atoms with E-state index in [2.05, 4.69) is 37.3 Å². The molecule has 1 aliphatic carbocycles. The normalized spacial score (nSPS) is 20.8. The standard InChI is InChI=1S/C16H22O/c1-2-3-4-5-6-13-7-9-14(10-8-13)11-15-12-16(15)17/h7-11,16-17H,2-6,12H2,1H3. The summed E-state index contributed by atoms with van der Waals surface area (Å²) < 4.78 is 0. The molecule has 0 heterocycles. The van der Waals surface area contributed by atoms with E-state index in [0.29, 0.717) is 0 Å². The van der Waals surface area contributed by atoms with Gasteiger partial charge < -0.3 is 5.11 Å².